The zero-order valence-electron chi connectivity index (χ0n) is 17.4. The Bertz CT molecular complexity index is 1210. The highest BCUT2D eigenvalue weighted by molar-refractivity contribution is 6.13. The van der Waals surface area contributed by atoms with Crippen molar-refractivity contribution in [3.05, 3.63) is 83.4 Å². The number of ether oxygens (including phenoxy) is 4. The number of cyclic esters (lactones) is 1. The molecule has 8 nitrogen and oxygen atoms in total. The van der Waals surface area contributed by atoms with Crippen molar-refractivity contribution in [2.45, 2.75) is 6.92 Å². The summed E-state index contributed by atoms with van der Waals surface area (Å²) in [4.78, 5) is 28.8. The van der Waals surface area contributed by atoms with Gasteiger partial charge in [0.25, 0.3) is 0 Å². The lowest BCUT2D eigenvalue weighted by Crippen LogP contribution is -2.08. The van der Waals surface area contributed by atoms with E-state index in [2.05, 4.69) is 4.99 Å². The molecule has 0 saturated carbocycles. The zero-order valence-corrected chi connectivity index (χ0v) is 17.4. The Morgan fingerprint density at radius 3 is 2.72 bits per heavy atom. The lowest BCUT2D eigenvalue weighted by atomic mass is 10.1. The van der Waals surface area contributed by atoms with Gasteiger partial charge in [-0.15, -0.1) is 0 Å². The van der Waals surface area contributed by atoms with Crippen LogP contribution >= 0.6 is 0 Å². The van der Waals surface area contributed by atoms with Crippen LogP contribution in [0.15, 0.2) is 76.0 Å². The monoisotopic (exact) mass is 433 g/mol. The number of esters is 2. The third-order valence-corrected chi connectivity index (χ3v) is 4.43. The van der Waals surface area contributed by atoms with E-state index in [1.54, 1.807) is 61.7 Å². The van der Waals surface area contributed by atoms with Crippen LogP contribution in [-0.4, -0.2) is 31.6 Å². The molecule has 0 aliphatic carbocycles. The Labute approximate surface area is 183 Å². The van der Waals surface area contributed by atoms with Crippen molar-refractivity contribution < 1.29 is 33.0 Å². The smallest absolute Gasteiger partial charge is 0.379 e. The average Bonchev–Trinajstić information content (AvgIpc) is 3.46. The summed E-state index contributed by atoms with van der Waals surface area (Å²) >= 11 is 0. The number of benzene rings is 2. The fourth-order valence-corrected chi connectivity index (χ4v) is 2.96. The fourth-order valence-electron chi connectivity index (χ4n) is 2.96. The highest BCUT2D eigenvalue weighted by Gasteiger charge is 2.24. The molecule has 0 atom stereocenters. The molecule has 0 amide bonds. The third-order valence-electron chi connectivity index (χ3n) is 4.43. The van der Waals surface area contributed by atoms with Crippen LogP contribution in [-0.2, 0) is 9.53 Å². The minimum absolute atomic E-state index is 0.0757. The second kappa shape index (κ2) is 9.22. The standard InChI is InChI=1S/C24H19NO7/c1-3-29-21-13-15(9-10-19(21)31-24(27)20-8-5-11-30-20)12-18-23(26)32-22(25-18)16-6-4-7-17(14-16)28-2/h4-14H,3H2,1-2H3/b18-12-. The maximum atomic E-state index is 12.3. The summed E-state index contributed by atoms with van der Waals surface area (Å²) in [6, 6.07) is 15.1. The van der Waals surface area contributed by atoms with Crippen LogP contribution in [0.2, 0.25) is 0 Å². The van der Waals surface area contributed by atoms with Crippen molar-refractivity contribution in [2.75, 3.05) is 13.7 Å². The van der Waals surface area contributed by atoms with E-state index in [0.29, 0.717) is 29.2 Å². The van der Waals surface area contributed by atoms with Gasteiger partial charge in [-0.2, -0.15) is 0 Å². The number of hydrogen-bond acceptors (Lipinski definition) is 8. The van der Waals surface area contributed by atoms with Gasteiger partial charge in [-0.05, 0) is 61.0 Å². The second-order valence-corrected chi connectivity index (χ2v) is 6.57. The van der Waals surface area contributed by atoms with Crippen LogP contribution in [0, 0.1) is 0 Å². The van der Waals surface area contributed by atoms with E-state index >= 15 is 0 Å². The van der Waals surface area contributed by atoms with Crippen molar-refractivity contribution >= 4 is 23.9 Å². The molecule has 0 spiro atoms. The van der Waals surface area contributed by atoms with E-state index in [9.17, 15) is 9.59 Å². The number of nitrogens with zero attached hydrogens (tertiary/aromatic N) is 1. The van der Waals surface area contributed by atoms with Gasteiger partial charge in [-0.1, -0.05) is 12.1 Å². The summed E-state index contributed by atoms with van der Waals surface area (Å²) in [5.74, 6) is 0.235. The number of carbonyl (C=O) groups excluding carboxylic acids is 2. The zero-order chi connectivity index (χ0) is 22.5. The Hall–Kier alpha value is -4.33. The van der Waals surface area contributed by atoms with Crippen molar-refractivity contribution in [1.29, 1.82) is 0 Å². The minimum atomic E-state index is -0.644. The molecule has 2 aromatic carbocycles. The normalized spacial score (nSPS) is 14.1. The number of methoxy groups -OCH3 is 1. The first kappa shape index (κ1) is 20.9. The first-order chi connectivity index (χ1) is 15.6. The van der Waals surface area contributed by atoms with Gasteiger partial charge in [0, 0.05) is 5.56 Å². The van der Waals surface area contributed by atoms with Gasteiger partial charge in [-0.3, -0.25) is 0 Å². The molecule has 0 N–H and O–H groups in total. The molecule has 2 heterocycles. The highest BCUT2D eigenvalue weighted by Crippen LogP contribution is 2.31. The van der Waals surface area contributed by atoms with E-state index in [4.69, 9.17) is 23.4 Å². The van der Waals surface area contributed by atoms with Crippen LogP contribution in [0.4, 0.5) is 0 Å². The number of hydrogen-bond donors (Lipinski definition) is 0. The van der Waals surface area contributed by atoms with Crippen LogP contribution in [0.3, 0.4) is 0 Å². The Balaban J connectivity index is 1.60. The second-order valence-electron chi connectivity index (χ2n) is 6.57. The van der Waals surface area contributed by atoms with Crippen molar-refractivity contribution in [1.82, 2.24) is 0 Å². The largest absolute Gasteiger partial charge is 0.497 e. The van der Waals surface area contributed by atoms with Gasteiger partial charge in [0.2, 0.25) is 11.7 Å². The predicted molar refractivity (Wildman–Crippen MR) is 115 cm³/mol. The maximum Gasteiger partial charge on any atom is 0.379 e. The summed E-state index contributed by atoms with van der Waals surface area (Å²) < 4.78 is 26.5. The molecule has 1 aliphatic heterocycles. The molecule has 0 saturated heterocycles. The molecule has 32 heavy (non-hydrogen) atoms. The van der Waals surface area contributed by atoms with Gasteiger partial charge >= 0.3 is 11.9 Å². The summed E-state index contributed by atoms with van der Waals surface area (Å²) in [6.45, 7) is 2.16. The average molecular weight is 433 g/mol. The van der Waals surface area contributed by atoms with Crippen LogP contribution in [0.5, 0.6) is 17.2 Å². The third kappa shape index (κ3) is 4.54. The molecular formula is C24H19NO7. The summed E-state index contributed by atoms with van der Waals surface area (Å²) in [6.07, 6.45) is 2.95. The molecule has 1 aromatic heterocycles. The number of rotatable bonds is 7. The summed E-state index contributed by atoms with van der Waals surface area (Å²) in [5, 5.41) is 0. The molecule has 0 unspecified atom stereocenters. The van der Waals surface area contributed by atoms with Gasteiger partial charge in [-0.25, -0.2) is 14.6 Å². The van der Waals surface area contributed by atoms with Gasteiger partial charge in [0.1, 0.15) is 5.75 Å². The van der Waals surface area contributed by atoms with E-state index in [1.165, 1.54) is 12.3 Å². The molecule has 4 rings (SSSR count). The van der Waals surface area contributed by atoms with Crippen LogP contribution in [0.25, 0.3) is 6.08 Å². The molecule has 0 radical (unpaired) electrons. The number of aliphatic imine (C=N–C) groups is 1. The van der Waals surface area contributed by atoms with Gasteiger partial charge < -0.3 is 23.4 Å². The lowest BCUT2D eigenvalue weighted by Gasteiger charge is -2.10. The van der Waals surface area contributed by atoms with Crippen molar-refractivity contribution in [2.24, 2.45) is 4.99 Å². The number of carbonyl (C=O) groups is 2. The molecular weight excluding hydrogens is 414 g/mol. The molecule has 3 aromatic rings. The molecule has 0 fully saturated rings. The minimum Gasteiger partial charge on any atom is -0.497 e. The summed E-state index contributed by atoms with van der Waals surface area (Å²) in [7, 11) is 1.55. The quantitative estimate of drug-likeness (QED) is 0.312. The van der Waals surface area contributed by atoms with E-state index < -0.39 is 11.9 Å². The van der Waals surface area contributed by atoms with Gasteiger partial charge in [0.15, 0.2) is 17.2 Å². The predicted octanol–water partition coefficient (Wildman–Crippen LogP) is 4.25. The maximum absolute atomic E-state index is 12.3. The number of furan rings is 1. The molecule has 8 heteroatoms. The Morgan fingerprint density at radius 1 is 1.09 bits per heavy atom. The first-order valence-electron chi connectivity index (χ1n) is 9.77. The first-order valence-corrected chi connectivity index (χ1v) is 9.77. The lowest BCUT2D eigenvalue weighted by molar-refractivity contribution is -0.129. The van der Waals surface area contributed by atoms with E-state index in [1.807, 2.05) is 6.92 Å². The van der Waals surface area contributed by atoms with E-state index in [-0.39, 0.29) is 23.1 Å². The van der Waals surface area contributed by atoms with Crippen molar-refractivity contribution in [3.63, 3.8) is 0 Å². The van der Waals surface area contributed by atoms with Crippen LogP contribution in [0.1, 0.15) is 28.6 Å². The van der Waals surface area contributed by atoms with Crippen LogP contribution < -0.4 is 14.2 Å². The van der Waals surface area contributed by atoms with E-state index in [0.717, 1.165) is 0 Å². The topological polar surface area (TPSA) is 96.6 Å². The Morgan fingerprint density at radius 2 is 1.97 bits per heavy atom. The fraction of sp³-hybridized carbons (Fsp3) is 0.125. The molecule has 162 valence electrons. The van der Waals surface area contributed by atoms with Gasteiger partial charge in [0.05, 0.1) is 20.0 Å². The van der Waals surface area contributed by atoms with Crippen molar-refractivity contribution in [3.8, 4) is 17.2 Å². The summed E-state index contributed by atoms with van der Waals surface area (Å²) in [5.41, 5.74) is 1.37. The molecule has 0 bridgehead atoms. The highest BCUT2D eigenvalue weighted by atomic mass is 16.6. The molecule has 1 aliphatic rings. The SMILES string of the molecule is CCOc1cc(/C=C2\N=C(c3cccc(OC)c3)OC2=O)ccc1OC(=O)c1ccco1. The Kier molecular flexibility index (Phi) is 6.03.